The summed E-state index contributed by atoms with van der Waals surface area (Å²) >= 11 is 0. The van der Waals surface area contributed by atoms with Crippen LogP contribution in [0, 0.1) is 5.82 Å². The zero-order valence-corrected chi connectivity index (χ0v) is 20.9. The minimum absolute atomic E-state index is 0.00468. The average Bonchev–Trinajstić information content (AvgIpc) is 3.39. The highest BCUT2D eigenvalue weighted by Crippen LogP contribution is 2.30. The van der Waals surface area contributed by atoms with E-state index < -0.39 is 36.3 Å². The molecular formula is C27H27FN6O5. The zero-order chi connectivity index (χ0) is 27.4. The van der Waals surface area contributed by atoms with Crippen molar-refractivity contribution in [3.63, 3.8) is 0 Å². The number of aromatic nitrogens is 4. The number of fused-ring (bicyclic) bond motifs is 1. The van der Waals surface area contributed by atoms with Crippen molar-refractivity contribution < 1.29 is 28.9 Å². The van der Waals surface area contributed by atoms with Crippen molar-refractivity contribution in [2.75, 3.05) is 25.0 Å². The predicted molar refractivity (Wildman–Crippen MR) is 139 cm³/mol. The summed E-state index contributed by atoms with van der Waals surface area (Å²) in [7, 11) is 0. The number of nitrogens with one attached hydrogen (secondary N) is 1. The molecule has 1 fully saturated rings. The Morgan fingerprint density at radius 3 is 2.72 bits per heavy atom. The van der Waals surface area contributed by atoms with Crippen LogP contribution in [0.3, 0.4) is 0 Å². The molecule has 5 rings (SSSR count). The summed E-state index contributed by atoms with van der Waals surface area (Å²) in [4.78, 5) is 34.3. The van der Waals surface area contributed by atoms with E-state index in [4.69, 9.17) is 4.74 Å². The second kappa shape index (κ2) is 11.4. The van der Waals surface area contributed by atoms with Gasteiger partial charge in [0.25, 0.3) is 5.88 Å². The molecule has 1 aliphatic rings. The maximum Gasteiger partial charge on any atom is 0.345 e. The van der Waals surface area contributed by atoms with Crippen LogP contribution in [0.5, 0.6) is 5.88 Å². The molecule has 0 bridgehead atoms. The summed E-state index contributed by atoms with van der Waals surface area (Å²) in [5, 5.41) is 26.4. The third kappa shape index (κ3) is 5.80. The molecule has 4 heterocycles. The Bertz CT molecular complexity index is 1480. The van der Waals surface area contributed by atoms with Crippen molar-refractivity contribution in [3.8, 4) is 17.3 Å². The lowest BCUT2D eigenvalue weighted by Gasteiger charge is -2.33. The minimum atomic E-state index is -1.41. The number of benzene rings is 1. The van der Waals surface area contributed by atoms with Crippen LogP contribution in [-0.2, 0) is 16.0 Å². The number of pyridine rings is 1. The summed E-state index contributed by atoms with van der Waals surface area (Å²) < 4.78 is 23.1. The van der Waals surface area contributed by atoms with E-state index in [0.717, 1.165) is 0 Å². The first kappa shape index (κ1) is 26.0. The van der Waals surface area contributed by atoms with Crippen LogP contribution in [0.4, 0.5) is 10.2 Å². The summed E-state index contributed by atoms with van der Waals surface area (Å²) in [5.74, 6) is -3.23. The molecule has 39 heavy (non-hydrogen) atoms. The Balaban J connectivity index is 1.51. The fourth-order valence-electron chi connectivity index (χ4n) is 4.58. The van der Waals surface area contributed by atoms with Gasteiger partial charge in [0.1, 0.15) is 6.61 Å². The lowest BCUT2D eigenvalue weighted by Crippen LogP contribution is -2.46. The quantitative estimate of drug-likeness (QED) is 0.295. The van der Waals surface area contributed by atoms with Gasteiger partial charge < -0.3 is 25.2 Å². The maximum atomic E-state index is 15.8. The number of nitrogens with zero attached hydrogens (tertiary/aromatic N) is 5. The van der Waals surface area contributed by atoms with Gasteiger partial charge in [0.05, 0.1) is 17.3 Å². The molecule has 12 heteroatoms. The average molecular weight is 535 g/mol. The number of amides is 1. The van der Waals surface area contributed by atoms with Crippen LogP contribution in [0.25, 0.3) is 16.9 Å². The normalized spacial score (nSPS) is 16.2. The third-order valence-electron chi connectivity index (χ3n) is 6.53. The molecule has 0 spiro atoms. The standard InChI is InChI=1S/C27H27FN6O5/c28-23-25(30-18-9-6-11-33(15-18)22(36)16-35)31-24(19-14-29-34-12-5-4-10-20(19)34)32-26(23)39-21(27(37)38)13-17-7-2-1-3-8-17/h1-5,7-8,10,12,14,18,21,35H,6,9,11,13,15-16H2,(H,37,38)(H,30,31,32)/t18-,21?/m1/s1. The van der Waals surface area contributed by atoms with Gasteiger partial charge in [0.2, 0.25) is 17.8 Å². The maximum absolute atomic E-state index is 15.8. The number of carbonyl (C=O) groups is 2. The van der Waals surface area contributed by atoms with Crippen molar-refractivity contribution >= 4 is 23.2 Å². The number of aliphatic hydroxyl groups excluding tert-OH is 1. The van der Waals surface area contributed by atoms with E-state index in [0.29, 0.717) is 36.0 Å². The molecule has 3 aromatic heterocycles. The Morgan fingerprint density at radius 1 is 1.15 bits per heavy atom. The minimum Gasteiger partial charge on any atom is -0.478 e. The van der Waals surface area contributed by atoms with E-state index in [1.54, 1.807) is 47.1 Å². The van der Waals surface area contributed by atoms with Gasteiger partial charge in [-0.3, -0.25) is 4.79 Å². The largest absolute Gasteiger partial charge is 0.478 e. The second-order valence-corrected chi connectivity index (χ2v) is 9.22. The molecule has 2 atom stereocenters. The van der Waals surface area contributed by atoms with E-state index in [2.05, 4.69) is 20.4 Å². The number of hydrogen-bond acceptors (Lipinski definition) is 8. The number of carboxylic acids is 1. The number of hydrogen-bond donors (Lipinski definition) is 3. The van der Waals surface area contributed by atoms with Crippen LogP contribution < -0.4 is 10.1 Å². The van der Waals surface area contributed by atoms with Crippen molar-refractivity contribution in [2.24, 2.45) is 0 Å². The summed E-state index contributed by atoms with van der Waals surface area (Å²) in [5.41, 5.74) is 1.87. The highest BCUT2D eigenvalue weighted by atomic mass is 19.1. The highest BCUT2D eigenvalue weighted by Gasteiger charge is 2.29. The molecule has 0 aliphatic carbocycles. The number of aliphatic carboxylic acids is 1. The van der Waals surface area contributed by atoms with Gasteiger partial charge in [-0.1, -0.05) is 36.4 Å². The van der Waals surface area contributed by atoms with Gasteiger partial charge in [-0.2, -0.15) is 14.5 Å². The van der Waals surface area contributed by atoms with Crippen molar-refractivity contribution in [1.82, 2.24) is 24.5 Å². The molecule has 0 radical (unpaired) electrons. The van der Waals surface area contributed by atoms with Gasteiger partial charge in [-0.25, -0.2) is 14.3 Å². The van der Waals surface area contributed by atoms with E-state index in [-0.39, 0.29) is 30.6 Å². The first-order valence-corrected chi connectivity index (χ1v) is 12.5. The molecule has 4 aromatic rings. The van der Waals surface area contributed by atoms with Crippen LogP contribution in [0.15, 0.2) is 60.9 Å². The number of piperidine rings is 1. The van der Waals surface area contributed by atoms with Gasteiger partial charge in [-0.05, 0) is 30.5 Å². The molecular weight excluding hydrogens is 507 g/mol. The Hall–Kier alpha value is -4.58. The van der Waals surface area contributed by atoms with Gasteiger partial charge in [0, 0.05) is 31.7 Å². The number of aliphatic hydroxyl groups is 1. The molecule has 1 saturated heterocycles. The molecule has 1 amide bonds. The SMILES string of the molecule is O=C(O)C(Cc1ccccc1)Oc1nc(-c2cnn3ccccc23)nc(N[C@@H]2CCCN(C(=O)CO)C2)c1F. The molecule has 202 valence electrons. The summed E-state index contributed by atoms with van der Waals surface area (Å²) in [6.07, 6.45) is 3.15. The lowest BCUT2D eigenvalue weighted by molar-refractivity contribution is -0.145. The number of ether oxygens (including phenoxy) is 1. The van der Waals surface area contributed by atoms with Crippen LogP contribution in [0.2, 0.25) is 0 Å². The Morgan fingerprint density at radius 2 is 1.95 bits per heavy atom. The molecule has 0 saturated carbocycles. The van der Waals surface area contributed by atoms with Gasteiger partial charge >= 0.3 is 5.97 Å². The first-order chi connectivity index (χ1) is 18.9. The number of rotatable bonds is 9. The topological polar surface area (TPSA) is 142 Å². The van der Waals surface area contributed by atoms with Gasteiger partial charge in [0.15, 0.2) is 11.6 Å². The van der Waals surface area contributed by atoms with E-state index in [1.807, 2.05) is 12.1 Å². The fourth-order valence-corrected chi connectivity index (χ4v) is 4.58. The van der Waals surface area contributed by atoms with Crippen molar-refractivity contribution in [1.29, 1.82) is 0 Å². The molecule has 11 nitrogen and oxygen atoms in total. The molecule has 1 aromatic carbocycles. The number of anilines is 1. The molecule has 3 N–H and O–H groups in total. The smallest absolute Gasteiger partial charge is 0.345 e. The second-order valence-electron chi connectivity index (χ2n) is 9.22. The highest BCUT2D eigenvalue weighted by molar-refractivity contribution is 5.78. The Labute approximate surface area is 222 Å². The predicted octanol–water partition coefficient (Wildman–Crippen LogP) is 2.40. The van der Waals surface area contributed by atoms with E-state index in [1.165, 1.54) is 11.1 Å². The van der Waals surface area contributed by atoms with E-state index in [9.17, 15) is 19.8 Å². The summed E-state index contributed by atoms with van der Waals surface area (Å²) in [6.45, 7) is 0.131. The summed E-state index contributed by atoms with van der Waals surface area (Å²) in [6, 6.07) is 14.0. The van der Waals surface area contributed by atoms with Crippen LogP contribution in [0.1, 0.15) is 18.4 Å². The van der Waals surface area contributed by atoms with Gasteiger partial charge in [-0.15, -0.1) is 0 Å². The van der Waals surface area contributed by atoms with E-state index >= 15 is 4.39 Å². The zero-order valence-electron chi connectivity index (χ0n) is 20.9. The van der Waals surface area contributed by atoms with Crippen LogP contribution in [-0.4, -0.2) is 78.4 Å². The monoisotopic (exact) mass is 534 g/mol. The number of halogens is 1. The van der Waals surface area contributed by atoms with Crippen molar-refractivity contribution in [3.05, 3.63) is 72.3 Å². The first-order valence-electron chi connectivity index (χ1n) is 12.5. The fraction of sp³-hybridized carbons (Fsp3) is 0.296. The number of carbonyl (C=O) groups excluding carboxylic acids is 1. The molecule has 1 unspecified atom stereocenters. The van der Waals surface area contributed by atoms with Crippen molar-refractivity contribution in [2.45, 2.75) is 31.4 Å². The number of carboxylic acid groups (broad SMARTS) is 1. The molecule has 1 aliphatic heterocycles. The lowest BCUT2D eigenvalue weighted by atomic mass is 10.1. The van der Waals surface area contributed by atoms with Crippen LogP contribution >= 0.6 is 0 Å². The number of likely N-dealkylation sites (tertiary alicyclic amines) is 1. The third-order valence-corrected chi connectivity index (χ3v) is 6.53. The Kier molecular flexibility index (Phi) is 7.64.